The maximum atomic E-state index is 3.28. The summed E-state index contributed by atoms with van der Waals surface area (Å²) in [5.41, 5.74) is 2.74. The molecule has 1 atom stereocenters. The minimum absolute atomic E-state index is 0.645. The fraction of sp³-hybridized carbons (Fsp3) is 0.571. The van der Waals surface area contributed by atoms with Crippen molar-refractivity contribution in [1.82, 2.24) is 5.32 Å². The highest BCUT2D eigenvalue weighted by atomic mass is 32.2. The van der Waals surface area contributed by atoms with Gasteiger partial charge in [-0.05, 0) is 38.4 Å². The molecule has 0 aliphatic carbocycles. The van der Waals surface area contributed by atoms with Crippen LogP contribution in [-0.2, 0) is 0 Å². The smallest absolute Gasteiger partial charge is 0.0242 e. The van der Waals surface area contributed by atoms with E-state index >= 15 is 0 Å². The first-order valence-corrected chi connectivity index (χ1v) is 6.81. The summed E-state index contributed by atoms with van der Waals surface area (Å²) < 4.78 is 0. The molecular weight excluding hydrogens is 214 g/mol. The van der Waals surface area contributed by atoms with Crippen LogP contribution in [0.4, 0.5) is 0 Å². The zero-order valence-corrected chi connectivity index (χ0v) is 11.8. The van der Waals surface area contributed by atoms with Gasteiger partial charge in [0.25, 0.3) is 0 Å². The van der Waals surface area contributed by atoms with Crippen molar-refractivity contribution in [3.63, 3.8) is 0 Å². The van der Waals surface area contributed by atoms with Crippen LogP contribution in [0.25, 0.3) is 0 Å². The summed E-state index contributed by atoms with van der Waals surface area (Å²) in [7, 11) is 2.03. The zero-order chi connectivity index (χ0) is 12.1. The summed E-state index contributed by atoms with van der Waals surface area (Å²) in [6.45, 7) is 9.99. The van der Waals surface area contributed by atoms with Gasteiger partial charge in [-0.1, -0.05) is 31.5 Å². The van der Waals surface area contributed by atoms with E-state index in [1.54, 1.807) is 0 Å². The molecule has 0 aliphatic rings. The van der Waals surface area contributed by atoms with Crippen molar-refractivity contribution >= 4 is 11.8 Å². The first kappa shape index (κ1) is 13.6. The second kappa shape index (κ2) is 6.31. The van der Waals surface area contributed by atoms with Crippen LogP contribution in [0.5, 0.6) is 0 Å². The molecule has 1 rings (SSSR count). The van der Waals surface area contributed by atoms with Crippen molar-refractivity contribution in [1.29, 1.82) is 0 Å². The quantitative estimate of drug-likeness (QED) is 0.785. The monoisotopic (exact) mass is 237 g/mol. The fourth-order valence-electron chi connectivity index (χ4n) is 1.71. The van der Waals surface area contributed by atoms with E-state index in [0.717, 1.165) is 6.54 Å². The van der Waals surface area contributed by atoms with Crippen molar-refractivity contribution < 1.29 is 0 Å². The van der Waals surface area contributed by atoms with E-state index in [4.69, 9.17) is 0 Å². The van der Waals surface area contributed by atoms with Gasteiger partial charge in [-0.25, -0.2) is 0 Å². The molecule has 16 heavy (non-hydrogen) atoms. The van der Waals surface area contributed by atoms with E-state index < -0.39 is 0 Å². The lowest BCUT2D eigenvalue weighted by Gasteiger charge is -2.21. The Kier molecular flexibility index (Phi) is 5.36. The molecule has 1 aromatic rings. The van der Waals surface area contributed by atoms with Crippen LogP contribution >= 0.6 is 11.8 Å². The molecule has 0 fully saturated rings. The maximum absolute atomic E-state index is 3.28. The Morgan fingerprint density at radius 1 is 1.25 bits per heavy atom. The molecule has 1 aromatic carbocycles. The molecule has 1 unspecified atom stereocenters. The van der Waals surface area contributed by atoms with Gasteiger partial charge in [-0.2, -0.15) is 0 Å². The third-order valence-electron chi connectivity index (χ3n) is 2.76. The van der Waals surface area contributed by atoms with Gasteiger partial charge >= 0.3 is 0 Å². The van der Waals surface area contributed by atoms with Crippen molar-refractivity contribution in [2.75, 3.05) is 13.6 Å². The van der Waals surface area contributed by atoms with Gasteiger partial charge in [-0.15, -0.1) is 11.8 Å². The lowest BCUT2D eigenvalue weighted by atomic mass is 10.1. The van der Waals surface area contributed by atoms with Crippen LogP contribution in [0.2, 0.25) is 0 Å². The molecule has 1 nitrogen and oxygen atoms in total. The molecule has 0 bridgehead atoms. The summed E-state index contributed by atoms with van der Waals surface area (Å²) in [4.78, 5) is 1.42. The largest absolute Gasteiger partial charge is 0.319 e. The molecule has 90 valence electrons. The SMILES string of the molecule is CNCC(Sc1ccc(C)cc1C)C(C)C. The van der Waals surface area contributed by atoms with Crippen LogP contribution in [-0.4, -0.2) is 18.8 Å². The first-order chi connectivity index (χ1) is 7.54. The molecule has 0 aromatic heterocycles. The van der Waals surface area contributed by atoms with E-state index in [9.17, 15) is 0 Å². The minimum atomic E-state index is 0.645. The summed E-state index contributed by atoms with van der Waals surface area (Å²) in [6.07, 6.45) is 0. The molecule has 1 N–H and O–H groups in total. The number of benzene rings is 1. The summed E-state index contributed by atoms with van der Waals surface area (Å²) in [6, 6.07) is 6.71. The van der Waals surface area contributed by atoms with Gasteiger partial charge in [0.15, 0.2) is 0 Å². The van der Waals surface area contributed by atoms with E-state index in [2.05, 4.69) is 51.2 Å². The van der Waals surface area contributed by atoms with Gasteiger partial charge < -0.3 is 5.32 Å². The van der Waals surface area contributed by atoms with E-state index in [-0.39, 0.29) is 0 Å². The highest BCUT2D eigenvalue weighted by Crippen LogP contribution is 2.30. The van der Waals surface area contributed by atoms with E-state index in [0.29, 0.717) is 11.2 Å². The van der Waals surface area contributed by atoms with E-state index in [1.165, 1.54) is 16.0 Å². The zero-order valence-electron chi connectivity index (χ0n) is 11.0. The topological polar surface area (TPSA) is 12.0 Å². The van der Waals surface area contributed by atoms with Crippen LogP contribution < -0.4 is 5.32 Å². The fourth-order valence-corrected chi connectivity index (χ4v) is 2.95. The Labute approximate surface area is 104 Å². The molecule has 0 heterocycles. The Morgan fingerprint density at radius 2 is 1.94 bits per heavy atom. The molecule has 2 heteroatoms. The van der Waals surface area contributed by atoms with Crippen LogP contribution in [0, 0.1) is 19.8 Å². The molecule has 0 saturated heterocycles. The van der Waals surface area contributed by atoms with Crippen molar-refractivity contribution in [2.24, 2.45) is 5.92 Å². The van der Waals surface area contributed by atoms with Gasteiger partial charge in [-0.3, -0.25) is 0 Å². The van der Waals surface area contributed by atoms with Crippen molar-refractivity contribution in [3.8, 4) is 0 Å². The van der Waals surface area contributed by atoms with E-state index in [1.807, 2.05) is 18.8 Å². The molecule has 0 amide bonds. The number of thioether (sulfide) groups is 1. The average Bonchev–Trinajstić information content (AvgIpc) is 2.20. The molecule has 0 saturated carbocycles. The predicted octanol–water partition coefficient (Wildman–Crippen LogP) is 3.64. The van der Waals surface area contributed by atoms with Gasteiger partial charge in [0, 0.05) is 16.7 Å². The summed E-state index contributed by atoms with van der Waals surface area (Å²) >= 11 is 1.99. The number of rotatable bonds is 5. The molecule has 0 aliphatic heterocycles. The Bertz CT molecular complexity index is 334. The molecule has 0 spiro atoms. The normalized spacial score (nSPS) is 13.1. The average molecular weight is 237 g/mol. The lowest BCUT2D eigenvalue weighted by molar-refractivity contribution is 0.578. The van der Waals surface area contributed by atoms with Gasteiger partial charge in [0.2, 0.25) is 0 Å². The molecular formula is C14H23NS. The number of nitrogens with one attached hydrogen (secondary N) is 1. The third-order valence-corrected chi connectivity index (χ3v) is 4.48. The Balaban J connectivity index is 2.77. The maximum Gasteiger partial charge on any atom is 0.0242 e. The predicted molar refractivity (Wildman–Crippen MR) is 74.3 cm³/mol. The number of aryl methyl sites for hydroxylation is 2. The summed E-state index contributed by atoms with van der Waals surface area (Å²) in [5, 5.41) is 3.92. The molecule has 0 radical (unpaired) electrons. The number of hydrogen-bond donors (Lipinski definition) is 1. The highest BCUT2D eigenvalue weighted by Gasteiger charge is 2.14. The van der Waals surface area contributed by atoms with Crippen molar-refractivity contribution in [3.05, 3.63) is 29.3 Å². The van der Waals surface area contributed by atoms with Crippen LogP contribution in [0.15, 0.2) is 23.1 Å². The second-order valence-electron chi connectivity index (χ2n) is 4.73. The standard InChI is InChI=1S/C14H23NS/c1-10(2)14(9-15-5)16-13-7-6-11(3)8-12(13)4/h6-8,10,14-15H,9H2,1-5H3. The highest BCUT2D eigenvalue weighted by molar-refractivity contribution is 8.00. The minimum Gasteiger partial charge on any atom is -0.319 e. The van der Waals surface area contributed by atoms with Crippen LogP contribution in [0.1, 0.15) is 25.0 Å². The van der Waals surface area contributed by atoms with Gasteiger partial charge in [0.1, 0.15) is 0 Å². The lowest BCUT2D eigenvalue weighted by Crippen LogP contribution is -2.25. The van der Waals surface area contributed by atoms with Crippen molar-refractivity contribution in [2.45, 2.75) is 37.8 Å². The second-order valence-corrected chi connectivity index (χ2v) is 6.01. The summed E-state index contributed by atoms with van der Waals surface area (Å²) in [5.74, 6) is 0.693. The van der Waals surface area contributed by atoms with Gasteiger partial charge in [0.05, 0.1) is 0 Å². The third kappa shape index (κ3) is 3.84. The Morgan fingerprint density at radius 3 is 2.44 bits per heavy atom. The Hall–Kier alpha value is -0.470. The first-order valence-electron chi connectivity index (χ1n) is 5.93. The number of hydrogen-bond acceptors (Lipinski definition) is 2. The van der Waals surface area contributed by atoms with Crippen LogP contribution in [0.3, 0.4) is 0 Å².